The average Bonchev–Trinajstić information content (AvgIpc) is 2.28. The molecular formula is C11H19N3O2S. The van der Waals surface area contributed by atoms with E-state index in [1.807, 2.05) is 19.9 Å². The SMILES string of the molecule is CCNCCS(=O)(=O)NCc1cnccc1C. The maximum Gasteiger partial charge on any atom is 0.213 e. The first-order chi connectivity index (χ1) is 8.05. The van der Waals surface area contributed by atoms with E-state index in [9.17, 15) is 8.42 Å². The molecule has 0 aliphatic rings. The van der Waals surface area contributed by atoms with Crippen molar-refractivity contribution in [3.63, 3.8) is 0 Å². The van der Waals surface area contributed by atoms with Gasteiger partial charge in [0.15, 0.2) is 0 Å². The molecule has 1 rings (SSSR count). The zero-order chi connectivity index (χ0) is 12.7. The molecule has 2 N–H and O–H groups in total. The van der Waals surface area contributed by atoms with Crippen LogP contribution in [0.1, 0.15) is 18.1 Å². The molecule has 0 bridgehead atoms. The molecule has 0 unspecified atom stereocenters. The zero-order valence-electron chi connectivity index (χ0n) is 10.2. The lowest BCUT2D eigenvalue weighted by Gasteiger charge is -2.08. The van der Waals surface area contributed by atoms with Gasteiger partial charge in [-0.3, -0.25) is 4.98 Å². The molecule has 5 nitrogen and oxygen atoms in total. The third-order valence-electron chi connectivity index (χ3n) is 2.43. The number of sulfonamides is 1. The summed E-state index contributed by atoms with van der Waals surface area (Å²) in [5.74, 6) is 0.0974. The Morgan fingerprint density at radius 1 is 1.41 bits per heavy atom. The summed E-state index contributed by atoms with van der Waals surface area (Å²) >= 11 is 0. The molecule has 0 aliphatic carbocycles. The van der Waals surface area contributed by atoms with Gasteiger partial charge in [0.2, 0.25) is 10.0 Å². The maximum atomic E-state index is 11.6. The van der Waals surface area contributed by atoms with Gasteiger partial charge in [-0.05, 0) is 30.7 Å². The molecule has 0 radical (unpaired) electrons. The second kappa shape index (κ2) is 6.68. The summed E-state index contributed by atoms with van der Waals surface area (Å²) in [4.78, 5) is 3.97. The van der Waals surface area contributed by atoms with Crippen LogP contribution in [-0.2, 0) is 16.6 Å². The number of rotatable bonds is 7. The Morgan fingerprint density at radius 2 is 2.18 bits per heavy atom. The van der Waals surface area contributed by atoms with Gasteiger partial charge < -0.3 is 5.32 Å². The van der Waals surface area contributed by atoms with E-state index < -0.39 is 10.0 Å². The van der Waals surface area contributed by atoms with Crippen LogP contribution in [0.3, 0.4) is 0 Å². The van der Waals surface area contributed by atoms with Crippen LogP contribution in [0.4, 0.5) is 0 Å². The fourth-order valence-corrected chi connectivity index (χ4v) is 2.26. The van der Waals surface area contributed by atoms with Crippen molar-refractivity contribution in [2.45, 2.75) is 20.4 Å². The van der Waals surface area contributed by atoms with Crippen LogP contribution in [0.25, 0.3) is 0 Å². The van der Waals surface area contributed by atoms with Gasteiger partial charge in [-0.15, -0.1) is 0 Å². The van der Waals surface area contributed by atoms with Crippen LogP contribution in [-0.4, -0.2) is 32.2 Å². The number of aromatic nitrogens is 1. The minimum atomic E-state index is -3.21. The Hall–Kier alpha value is -0.980. The van der Waals surface area contributed by atoms with Gasteiger partial charge >= 0.3 is 0 Å². The predicted octanol–water partition coefficient (Wildman–Crippen LogP) is 0.419. The number of hydrogen-bond donors (Lipinski definition) is 2. The Bertz CT molecular complexity index is 446. The molecule has 6 heteroatoms. The first-order valence-corrected chi connectivity index (χ1v) is 7.28. The van der Waals surface area contributed by atoms with E-state index in [4.69, 9.17) is 0 Å². The lowest BCUT2D eigenvalue weighted by molar-refractivity contribution is 0.577. The van der Waals surface area contributed by atoms with Crippen LogP contribution in [0.15, 0.2) is 18.5 Å². The van der Waals surface area contributed by atoms with E-state index in [1.54, 1.807) is 12.4 Å². The molecule has 1 aromatic rings. The van der Waals surface area contributed by atoms with Gasteiger partial charge in [-0.1, -0.05) is 6.92 Å². The van der Waals surface area contributed by atoms with Crippen molar-refractivity contribution in [1.82, 2.24) is 15.0 Å². The van der Waals surface area contributed by atoms with Gasteiger partial charge in [0.1, 0.15) is 0 Å². The van der Waals surface area contributed by atoms with Gasteiger partial charge in [-0.25, -0.2) is 13.1 Å². The third kappa shape index (κ3) is 5.25. The summed E-state index contributed by atoms with van der Waals surface area (Å²) < 4.78 is 25.8. The van der Waals surface area contributed by atoms with Crippen LogP contribution >= 0.6 is 0 Å². The van der Waals surface area contributed by atoms with Crippen LogP contribution in [0.2, 0.25) is 0 Å². The highest BCUT2D eigenvalue weighted by molar-refractivity contribution is 7.89. The van der Waals surface area contributed by atoms with E-state index in [1.165, 1.54) is 0 Å². The zero-order valence-corrected chi connectivity index (χ0v) is 11.0. The van der Waals surface area contributed by atoms with Crippen LogP contribution in [0, 0.1) is 6.92 Å². The van der Waals surface area contributed by atoms with Crippen molar-refractivity contribution in [1.29, 1.82) is 0 Å². The summed E-state index contributed by atoms with van der Waals surface area (Å²) in [6, 6.07) is 1.86. The lowest BCUT2D eigenvalue weighted by Crippen LogP contribution is -2.31. The lowest BCUT2D eigenvalue weighted by atomic mass is 10.2. The minimum absolute atomic E-state index is 0.0974. The summed E-state index contributed by atoms with van der Waals surface area (Å²) in [6.07, 6.45) is 3.38. The number of pyridine rings is 1. The first kappa shape index (κ1) is 14.1. The Kier molecular flexibility index (Phi) is 5.54. The first-order valence-electron chi connectivity index (χ1n) is 5.62. The topological polar surface area (TPSA) is 71.1 Å². The van der Waals surface area contributed by atoms with E-state index in [0.717, 1.165) is 17.7 Å². The molecule has 0 atom stereocenters. The highest BCUT2D eigenvalue weighted by Gasteiger charge is 2.09. The van der Waals surface area contributed by atoms with Gasteiger partial charge in [-0.2, -0.15) is 0 Å². The second-order valence-electron chi connectivity index (χ2n) is 3.80. The van der Waals surface area contributed by atoms with Gasteiger partial charge in [0.05, 0.1) is 5.75 Å². The maximum absolute atomic E-state index is 11.6. The Morgan fingerprint density at radius 3 is 2.82 bits per heavy atom. The fraction of sp³-hybridized carbons (Fsp3) is 0.545. The normalized spacial score (nSPS) is 11.6. The summed E-state index contributed by atoms with van der Waals surface area (Å²) in [7, 11) is -3.21. The van der Waals surface area contributed by atoms with Crippen molar-refractivity contribution in [2.75, 3.05) is 18.8 Å². The molecule has 0 spiro atoms. The Labute approximate surface area is 103 Å². The van der Waals surface area contributed by atoms with Gasteiger partial charge in [0, 0.05) is 25.5 Å². The van der Waals surface area contributed by atoms with E-state index in [0.29, 0.717) is 13.1 Å². The molecule has 0 aromatic carbocycles. The summed E-state index contributed by atoms with van der Waals surface area (Å²) in [5.41, 5.74) is 1.94. The van der Waals surface area contributed by atoms with E-state index >= 15 is 0 Å². The highest BCUT2D eigenvalue weighted by atomic mass is 32.2. The van der Waals surface area contributed by atoms with Crippen LogP contribution in [0.5, 0.6) is 0 Å². The van der Waals surface area contributed by atoms with Crippen molar-refractivity contribution in [2.24, 2.45) is 0 Å². The summed E-state index contributed by atoms with van der Waals surface area (Å²) in [5, 5.41) is 2.98. The average molecular weight is 257 g/mol. The number of nitrogens with zero attached hydrogens (tertiary/aromatic N) is 1. The molecule has 0 saturated heterocycles. The smallest absolute Gasteiger partial charge is 0.213 e. The largest absolute Gasteiger partial charge is 0.316 e. The number of nitrogens with one attached hydrogen (secondary N) is 2. The number of aryl methyl sites for hydroxylation is 1. The van der Waals surface area contributed by atoms with E-state index in [-0.39, 0.29) is 5.75 Å². The molecule has 1 aromatic heterocycles. The standard InChI is InChI=1S/C11H19N3O2S/c1-3-12-6-7-17(15,16)14-9-11-8-13-5-4-10(11)2/h4-5,8,12,14H,3,6-7,9H2,1-2H3. The quantitative estimate of drug-likeness (QED) is 0.694. The molecule has 0 aliphatic heterocycles. The van der Waals surface area contributed by atoms with Crippen molar-refractivity contribution < 1.29 is 8.42 Å². The molecule has 96 valence electrons. The number of hydrogen-bond acceptors (Lipinski definition) is 4. The predicted molar refractivity (Wildman–Crippen MR) is 68.1 cm³/mol. The molecule has 0 amide bonds. The van der Waals surface area contributed by atoms with Crippen molar-refractivity contribution in [3.8, 4) is 0 Å². The summed E-state index contributed by atoms with van der Waals surface area (Å²) in [6.45, 7) is 5.42. The highest BCUT2D eigenvalue weighted by Crippen LogP contribution is 2.04. The minimum Gasteiger partial charge on any atom is -0.316 e. The third-order valence-corrected chi connectivity index (χ3v) is 3.75. The van der Waals surface area contributed by atoms with Crippen LogP contribution < -0.4 is 10.0 Å². The molecule has 0 saturated carbocycles. The van der Waals surface area contributed by atoms with E-state index in [2.05, 4.69) is 15.0 Å². The molecule has 0 fully saturated rings. The Balaban J connectivity index is 2.47. The monoisotopic (exact) mass is 257 g/mol. The van der Waals surface area contributed by atoms with Gasteiger partial charge in [0.25, 0.3) is 0 Å². The van der Waals surface area contributed by atoms with Crippen molar-refractivity contribution >= 4 is 10.0 Å². The second-order valence-corrected chi connectivity index (χ2v) is 5.72. The molecule has 17 heavy (non-hydrogen) atoms. The molecule has 1 heterocycles. The van der Waals surface area contributed by atoms with Crippen molar-refractivity contribution in [3.05, 3.63) is 29.6 Å². The molecular weight excluding hydrogens is 238 g/mol. The fourth-order valence-electron chi connectivity index (χ4n) is 1.32.